The third-order valence-corrected chi connectivity index (χ3v) is 7.22. The van der Waals surface area contributed by atoms with Crippen molar-refractivity contribution in [3.63, 3.8) is 0 Å². The lowest BCUT2D eigenvalue weighted by atomic mass is 9.98. The summed E-state index contributed by atoms with van der Waals surface area (Å²) in [4.78, 5) is 65.1. The maximum atomic E-state index is 12.7. The molecule has 0 radical (unpaired) electrons. The molecule has 4 amide bonds. The van der Waals surface area contributed by atoms with E-state index in [0.29, 0.717) is 17.9 Å². The van der Waals surface area contributed by atoms with Gasteiger partial charge in [-0.05, 0) is 24.0 Å². The molecule has 3 rings (SSSR count). The Hall–Kier alpha value is -3.54. The Labute approximate surface area is 212 Å². The van der Waals surface area contributed by atoms with Crippen LogP contribution in [-0.4, -0.2) is 70.6 Å². The monoisotopic (exact) mass is 517 g/mol. The fourth-order valence-corrected chi connectivity index (χ4v) is 4.97. The van der Waals surface area contributed by atoms with E-state index in [1.54, 1.807) is 6.92 Å². The molecule has 0 saturated heterocycles. The highest BCUT2D eigenvalue weighted by Gasteiger charge is 2.27. The number of hydrogen-bond donors (Lipinski definition) is 6. The topological polar surface area (TPSA) is 169 Å². The fraction of sp³-hybridized carbons (Fsp3) is 0.458. The highest BCUT2D eigenvalue weighted by Crippen LogP contribution is 2.31. The van der Waals surface area contributed by atoms with Crippen molar-refractivity contribution in [3.05, 3.63) is 29.8 Å². The quantitative estimate of drug-likeness (QED) is 0.345. The zero-order chi connectivity index (χ0) is 26.2. The number of aliphatic carboxylic acids is 1. The second kappa shape index (κ2) is 12.4. The van der Waals surface area contributed by atoms with E-state index in [2.05, 4.69) is 26.3 Å². The zero-order valence-electron chi connectivity index (χ0n) is 20.2. The molecule has 12 heteroatoms. The number of H-pyrrole nitrogens is 1. The Morgan fingerprint density at radius 2 is 1.72 bits per heavy atom. The largest absolute Gasteiger partial charge is 0.480 e. The first-order chi connectivity index (χ1) is 17.2. The summed E-state index contributed by atoms with van der Waals surface area (Å²) in [5.41, 5.74) is 1.70. The molecule has 0 saturated carbocycles. The number of rotatable bonds is 3. The van der Waals surface area contributed by atoms with Crippen LogP contribution >= 0.6 is 11.8 Å². The molecule has 0 bridgehead atoms. The summed E-state index contributed by atoms with van der Waals surface area (Å²) in [7, 11) is 0. The normalized spacial score (nSPS) is 21.7. The number of fused-ring (bicyclic) bond motifs is 3. The average Bonchev–Trinajstić information content (AvgIpc) is 3.21. The third-order valence-electron chi connectivity index (χ3n) is 6.09. The third kappa shape index (κ3) is 7.00. The van der Waals surface area contributed by atoms with Crippen molar-refractivity contribution in [2.24, 2.45) is 5.92 Å². The van der Waals surface area contributed by atoms with Gasteiger partial charge in [-0.15, -0.1) is 11.8 Å². The molecule has 1 aromatic heterocycles. The molecular formula is C24H31N5O6S. The van der Waals surface area contributed by atoms with E-state index in [1.807, 2.05) is 31.2 Å². The van der Waals surface area contributed by atoms with E-state index >= 15 is 0 Å². The van der Waals surface area contributed by atoms with Gasteiger partial charge < -0.3 is 31.4 Å². The summed E-state index contributed by atoms with van der Waals surface area (Å²) >= 11 is 1.23. The van der Waals surface area contributed by atoms with Crippen LogP contribution in [0.4, 0.5) is 0 Å². The van der Waals surface area contributed by atoms with E-state index in [4.69, 9.17) is 0 Å². The Morgan fingerprint density at radius 1 is 1.03 bits per heavy atom. The van der Waals surface area contributed by atoms with E-state index < -0.39 is 42.3 Å². The molecule has 0 unspecified atom stereocenters. The summed E-state index contributed by atoms with van der Waals surface area (Å²) < 4.78 is 0. The lowest BCUT2D eigenvalue weighted by Gasteiger charge is -2.24. The van der Waals surface area contributed by atoms with Gasteiger partial charge >= 0.3 is 5.97 Å². The van der Waals surface area contributed by atoms with Gasteiger partial charge in [0.2, 0.25) is 23.6 Å². The maximum Gasteiger partial charge on any atom is 0.327 e. The molecule has 0 spiro atoms. The second-order valence-electron chi connectivity index (χ2n) is 8.67. The predicted molar refractivity (Wildman–Crippen MR) is 134 cm³/mol. The van der Waals surface area contributed by atoms with Gasteiger partial charge in [0.05, 0.1) is 18.1 Å². The first kappa shape index (κ1) is 27.1. The maximum absolute atomic E-state index is 12.7. The van der Waals surface area contributed by atoms with Gasteiger partial charge in [0.25, 0.3) is 0 Å². The van der Waals surface area contributed by atoms with Crippen molar-refractivity contribution in [1.82, 2.24) is 26.3 Å². The SMILES string of the molecule is CC[C@H](C)[C@@H]1NC(=O)CNC(=O)CCc2c([nH]c3ccccc23)SC[C@@H](C(=O)O)NC(=O)CNC1=O. The number of carboxylic acid groups (broad SMARTS) is 1. The number of aromatic nitrogens is 1. The molecule has 194 valence electrons. The number of aromatic amines is 1. The lowest BCUT2D eigenvalue weighted by Crippen LogP contribution is -2.54. The van der Waals surface area contributed by atoms with Crippen molar-refractivity contribution in [3.8, 4) is 0 Å². The van der Waals surface area contributed by atoms with Crippen molar-refractivity contribution in [2.45, 2.75) is 50.2 Å². The number of thioether (sulfide) groups is 1. The van der Waals surface area contributed by atoms with Crippen molar-refractivity contribution in [1.29, 1.82) is 0 Å². The second-order valence-corrected chi connectivity index (χ2v) is 9.70. The Bertz CT molecular complexity index is 1150. The molecule has 2 aromatic rings. The summed E-state index contributed by atoms with van der Waals surface area (Å²) in [6.45, 7) is 2.92. The number of carboxylic acids is 1. The fourth-order valence-electron chi connectivity index (χ4n) is 3.84. The Morgan fingerprint density at radius 3 is 2.44 bits per heavy atom. The first-order valence-electron chi connectivity index (χ1n) is 11.8. The summed E-state index contributed by atoms with van der Waals surface area (Å²) in [5.74, 6) is -3.48. The molecule has 36 heavy (non-hydrogen) atoms. The van der Waals surface area contributed by atoms with Gasteiger partial charge in [-0.25, -0.2) is 4.79 Å². The first-order valence-corrected chi connectivity index (χ1v) is 12.8. The lowest BCUT2D eigenvalue weighted by molar-refractivity contribution is -0.141. The summed E-state index contributed by atoms with van der Waals surface area (Å²) in [6, 6.07) is 5.42. The number of benzene rings is 1. The van der Waals surface area contributed by atoms with Gasteiger partial charge in [-0.2, -0.15) is 0 Å². The van der Waals surface area contributed by atoms with Crippen molar-refractivity contribution < 1.29 is 29.1 Å². The number of amides is 4. The standard InChI is InChI=1S/C24H31N5O6S/c1-3-13(2)21-22(33)26-11-19(31)27-17(24(34)35)12-36-23-15(14-6-4-5-7-16(14)28-23)8-9-18(30)25-10-20(32)29-21/h4-7,13,17,21,28H,3,8-12H2,1-2H3,(H,25,30)(H,26,33)(H,27,31)(H,29,32)(H,34,35)/t13-,17-,21-/m0/s1. The zero-order valence-corrected chi connectivity index (χ0v) is 21.0. The highest BCUT2D eigenvalue weighted by atomic mass is 32.2. The van der Waals surface area contributed by atoms with E-state index in [9.17, 15) is 29.1 Å². The van der Waals surface area contributed by atoms with Gasteiger partial charge in [-0.1, -0.05) is 38.5 Å². The minimum atomic E-state index is -1.21. The van der Waals surface area contributed by atoms with Crippen LogP contribution in [0, 0.1) is 5.92 Å². The summed E-state index contributed by atoms with van der Waals surface area (Å²) in [6.07, 6.45) is 1.06. The minimum Gasteiger partial charge on any atom is -0.480 e. The van der Waals surface area contributed by atoms with Gasteiger partial charge in [0, 0.05) is 23.1 Å². The van der Waals surface area contributed by atoms with Crippen LogP contribution in [0.3, 0.4) is 0 Å². The number of para-hydroxylation sites is 1. The van der Waals surface area contributed by atoms with Gasteiger partial charge in [-0.3, -0.25) is 19.2 Å². The molecule has 11 nitrogen and oxygen atoms in total. The number of hydrogen-bond acceptors (Lipinski definition) is 6. The molecular weight excluding hydrogens is 486 g/mol. The molecule has 1 aliphatic heterocycles. The predicted octanol–water partition coefficient (Wildman–Crippen LogP) is 0.539. The van der Waals surface area contributed by atoms with Crippen LogP contribution in [0.5, 0.6) is 0 Å². The van der Waals surface area contributed by atoms with Crippen molar-refractivity contribution >= 4 is 52.3 Å². The molecule has 2 heterocycles. The van der Waals surface area contributed by atoms with Gasteiger partial charge in [0.15, 0.2) is 0 Å². The smallest absolute Gasteiger partial charge is 0.327 e. The summed E-state index contributed by atoms with van der Waals surface area (Å²) in [5, 5.41) is 21.4. The van der Waals surface area contributed by atoms with Crippen LogP contribution < -0.4 is 21.3 Å². The molecule has 6 N–H and O–H groups in total. The van der Waals surface area contributed by atoms with Crippen LogP contribution in [0.25, 0.3) is 10.9 Å². The number of nitrogens with one attached hydrogen (secondary N) is 5. The highest BCUT2D eigenvalue weighted by molar-refractivity contribution is 7.99. The van der Waals surface area contributed by atoms with Crippen LogP contribution in [0.15, 0.2) is 29.3 Å². The molecule has 0 aliphatic carbocycles. The molecule has 3 atom stereocenters. The van der Waals surface area contributed by atoms with E-state index in [-0.39, 0.29) is 30.5 Å². The Kier molecular flexibility index (Phi) is 9.34. The van der Waals surface area contributed by atoms with Crippen LogP contribution in [0.1, 0.15) is 32.3 Å². The Balaban J connectivity index is 1.86. The van der Waals surface area contributed by atoms with Gasteiger partial charge in [0.1, 0.15) is 12.1 Å². The van der Waals surface area contributed by atoms with E-state index in [1.165, 1.54) is 11.8 Å². The number of aryl methyl sites for hydroxylation is 1. The molecule has 0 fully saturated rings. The molecule has 1 aliphatic rings. The van der Waals surface area contributed by atoms with Crippen LogP contribution in [-0.2, 0) is 30.4 Å². The average molecular weight is 518 g/mol. The minimum absolute atomic E-state index is 0.0343. The van der Waals surface area contributed by atoms with Crippen LogP contribution in [0.2, 0.25) is 0 Å². The molecule has 1 aromatic carbocycles. The van der Waals surface area contributed by atoms with E-state index in [0.717, 1.165) is 16.5 Å². The number of carbonyl (C=O) groups is 5. The van der Waals surface area contributed by atoms with Crippen molar-refractivity contribution in [2.75, 3.05) is 18.8 Å². The number of carbonyl (C=O) groups excluding carboxylic acids is 4.